The monoisotopic (exact) mass is 399 g/mol. The second kappa shape index (κ2) is 8.28. The normalized spacial score (nSPS) is 11.3. The summed E-state index contributed by atoms with van der Waals surface area (Å²) < 4.78 is 7.18. The van der Waals surface area contributed by atoms with Gasteiger partial charge in [0.1, 0.15) is 11.6 Å². The lowest BCUT2D eigenvalue weighted by molar-refractivity contribution is 0.0529. The maximum absolute atomic E-state index is 12.7. The van der Waals surface area contributed by atoms with Gasteiger partial charge in [-0.25, -0.2) is 4.79 Å². The first-order valence-corrected chi connectivity index (χ1v) is 9.19. The van der Waals surface area contributed by atoms with Crippen molar-refractivity contribution < 1.29 is 9.53 Å². The van der Waals surface area contributed by atoms with Crippen LogP contribution in [0.15, 0.2) is 61.1 Å². The highest BCUT2D eigenvalue weighted by molar-refractivity contribution is 6.05. The summed E-state index contributed by atoms with van der Waals surface area (Å²) in [5.74, 6) is -0.173. The first-order chi connectivity index (χ1) is 14.7. The highest BCUT2D eigenvalue weighted by atomic mass is 16.5. The zero-order valence-electron chi connectivity index (χ0n) is 16.0. The third-order valence-electron chi connectivity index (χ3n) is 4.43. The fraction of sp³-hybridized carbons (Fsp3) is 0.0952. The number of nitriles is 1. The molecule has 148 valence electrons. The first kappa shape index (κ1) is 18.9. The molecule has 1 aromatic carbocycles. The van der Waals surface area contributed by atoms with Gasteiger partial charge in [0.15, 0.2) is 0 Å². The Labute approximate surface area is 171 Å². The lowest BCUT2D eigenvalue weighted by atomic mass is 10.0. The SMILES string of the molecule is CCOC(=O)c1c(-c2cccc(NC=C(C#N)c3nn[nH]n3)c2)cn2ccccc12. The molecule has 0 bridgehead atoms. The average molecular weight is 399 g/mol. The van der Waals surface area contributed by atoms with Gasteiger partial charge < -0.3 is 14.5 Å². The van der Waals surface area contributed by atoms with E-state index >= 15 is 0 Å². The molecule has 0 fully saturated rings. The van der Waals surface area contributed by atoms with Gasteiger partial charge in [0.05, 0.1) is 17.7 Å². The van der Waals surface area contributed by atoms with E-state index in [1.165, 1.54) is 6.20 Å². The molecule has 0 spiro atoms. The minimum atomic E-state index is -0.372. The maximum Gasteiger partial charge on any atom is 0.340 e. The minimum Gasteiger partial charge on any atom is -0.462 e. The molecule has 3 aromatic heterocycles. The number of carbonyl (C=O) groups excluding carboxylic acids is 1. The van der Waals surface area contributed by atoms with Crippen LogP contribution in [0.5, 0.6) is 0 Å². The smallest absolute Gasteiger partial charge is 0.340 e. The van der Waals surface area contributed by atoms with E-state index < -0.39 is 0 Å². The molecule has 0 radical (unpaired) electrons. The van der Waals surface area contributed by atoms with Crippen molar-refractivity contribution in [2.45, 2.75) is 6.92 Å². The Hall–Kier alpha value is -4.45. The van der Waals surface area contributed by atoms with E-state index in [4.69, 9.17) is 4.74 Å². The Morgan fingerprint density at radius 2 is 2.23 bits per heavy atom. The summed E-state index contributed by atoms with van der Waals surface area (Å²) in [5, 5.41) is 25.8. The highest BCUT2D eigenvalue weighted by Gasteiger charge is 2.20. The number of benzene rings is 1. The number of ether oxygens (including phenoxy) is 1. The minimum absolute atomic E-state index is 0.199. The van der Waals surface area contributed by atoms with Crippen LogP contribution in [0.4, 0.5) is 5.69 Å². The van der Waals surface area contributed by atoms with Crippen molar-refractivity contribution in [3.05, 3.63) is 72.4 Å². The van der Waals surface area contributed by atoms with E-state index in [1.807, 2.05) is 65.3 Å². The Morgan fingerprint density at radius 1 is 1.33 bits per heavy atom. The van der Waals surface area contributed by atoms with Gasteiger partial charge >= 0.3 is 5.97 Å². The number of nitrogens with zero attached hydrogens (tertiary/aromatic N) is 5. The standard InChI is InChI=1S/C21H17N7O2/c1-2-30-21(29)19-17(13-28-9-4-3-8-18(19)28)14-6-5-7-16(10-14)23-12-15(11-22)20-24-26-27-25-20/h3-10,12-13,23H,2H2,1H3,(H,24,25,26,27). The summed E-state index contributed by atoms with van der Waals surface area (Å²) in [6.45, 7) is 2.07. The lowest BCUT2D eigenvalue weighted by Crippen LogP contribution is -2.05. The van der Waals surface area contributed by atoms with Gasteiger partial charge in [-0.15, -0.1) is 10.2 Å². The molecular weight excluding hydrogens is 382 g/mol. The molecule has 30 heavy (non-hydrogen) atoms. The molecule has 4 rings (SSSR count). The quantitative estimate of drug-likeness (QED) is 0.377. The van der Waals surface area contributed by atoms with Crippen molar-refractivity contribution in [2.24, 2.45) is 0 Å². The van der Waals surface area contributed by atoms with Crippen molar-refractivity contribution in [3.8, 4) is 17.2 Å². The van der Waals surface area contributed by atoms with Gasteiger partial charge in [0.2, 0.25) is 5.82 Å². The molecule has 0 saturated heterocycles. The summed E-state index contributed by atoms with van der Waals surface area (Å²) in [6.07, 6.45) is 5.29. The summed E-state index contributed by atoms with van der Waals surface area (Å²) in [6, 6.07) is 15.2. The van der Waals surface area contributed by atoms with E-state index in [1.54, 1.807) is 6.92 Å². The van der Waals surface area contributed by atoms with Crippen LogP contribution in [-0.4, -0.2) is 37.6 Å². The van der Waals surface area contributed by atoms with Gasteiger partial charge in [-0.05, 0) is 42.0 Å². The summed E-state index contributed by atoms with van der Waals surface area (Å²) >= 11 is 0. The number of hydrogen-bond donors (Lipinski definition) is 2. The van der Waals surface area contributed by atoms with Crippen LogP contribution in [0.25, 0.3) is 22.2 Å². The van der Waals surface area contributed by atoms with Crippen LogP contribution in [-0.2, 0) is 4.74 Å². The number of tetrazole rings is 1. The van der Waals surface area contributed by atoms with Crippen molar-refractivity contribution in [3.63, 3.8) is 0 Å². The molecule has 3 heterocycles. The van der Waals surface area contributed by atoms with Gasteiger partial charge in [0.25, 0.3) is 0 Å². The average Bonchev–Trinajstić information content (AvgIpc) is 3.43. The predicted molar refractivity (Wildman–Crippen MR) is 110 cm³/mol. The molecule has 0 aliphatic rings. The predicted octanol–water partition coefficient (Wildman–Crippen LogP) is 3.27. The molecule has 0 aliphatic carbocycles. The number of pyridine rings is 1. The summed E-state index contributed by atoms with van der Waals surface area (Å²) in [7, 11) is 0. The molecule has 0 unspecified atom stereocenters. The van der Waals surface area contributed by atoms with Gasteiger partial charge in [-0.1, -0.05) is 18.2 Å². The van der Waals surface area contributed by atoms with Crippen LogP contribution < -0.4 is 5.32 Å². The molecular formula is C21H17N7O2. The van der Waals surface area contributed by atoms with Crippen molar-refractivity contribution in [2.75, 3.05) is 11.9 Å². The maximum atomic E-state index is 12.7. The molecule has 0 amide bonds. The highest BCUT2D eigenvalue weighted by Crippen LogP contribution is 2.31. The number of H-pyrrole nitrogens is 1. The third-order valence-corrected chi connectivity index (χ3v) is 4.43. The van der Waals surface area contributed by atoms with Crippen LogP contribution in [0.1, 0.15) is 23.1 Å². The van der Waals surface area contributed by atoms with E-state index in [2.05, 4.69) is 25.9 Å². The van der Waals surface area contributed by atoms with Crippen LogP contribution in [0.2, 0.25) is 0 Å². The van der Waals surface area contributed by atoms with Gasteiger partial charge in [-0.2, -0.15) is 10.5 Å². The van der Waals surface area contributed by atoms with Crippen molar-refractivity contribution >= 4 is 22.7 Å². The molecule has 0 aliphatic heterocycles. The van der Waals surface area contributed by atoms with Crippen LogP contribution in [0, 0.1) is 11.3 Å². The number of esters is 1. The second-order valence-electron chi connectivity index (χ2n) is 6.26. The summed E-state index contributed by atoms with van der Waals surface area (Å²) in [4.78, 5) is 12.7. The largest absolute Gasteiger partial charge is 0.462 e. The fourth-order valence-electron chi connectivity index (χ4n) is 3.11. The lowest BCUT2D eigenvalue weighted by Gasteiger charge is -2.07. The van der Waals surface area contributed by atoms with Gasteiger partial charge in [0, 0.05) is 29.8 Å². The number of carbonyl (C=O) groups is 1. The Balaban J connectivity index is 1.72. The molecule has 2 N–H and O–H groups in total. The van der Waals surface area contributed by atoms with Crippen LogP contribution >= 0.6 is 0 Å². The van der Waals surface area contributed by atoms with E-state index in [9.17, 15) is 10.1 Å². The Kier molecular flexibility index (Phi) is 5.21. The molecule has 9 nitrogen and oxygen atoms in total. The molecule has 0 atom stereocenters. The number of allylic oxidation sites excluding steroid dienone is 1. The number of rotatable bonds is 6. The second-order valence-corrected chi connectivity index (χ2v) is 6.26. The molecule has 0 saturated carbocycles. The number of anilines is 1. The topological polar surface area (TPSA) is 121 Å². The van der Waals surface area contributed by atoms with Crippen molar-refractivity contribution in [1.29, 1.82) is 5.26 Å². The molecule has 4 aromatic rings. The number of hydrogen-bond acceptors (Lipinski definition) is 7. The van der Waals surface area contributed by atoms with Gasteiger partial charge in [-0.3, -0.25) is 0 Å². The van der Waals surface area contributed by atoms with Crippen molar-refractivity contribution in [1.82, 2.24) is 25.0 Å². The summed E-state index contributed by atoms with van der Waals surface area (Å²) in [5.41, 5.74) is 3.83. The number of aromatic amines is 1. The first-order valence-electron chi connectivity index (χ1n) is 9.19. The van der Waals surface area contributed by atoms with E-state index in [-0.39, 0.29) is 17.4 Å². The number of aromatic nitrogens is 5. The van der Waals surface area contributed by atoms with E-state index in [0.29, 0.717) is 12.2 Å². The third kappa shape index (κ3) is 3.62. The number of nitrogens with one attached hydrogen (secondary N) is 2. The fourth-order valence-corrected chi connectivity index (χ4v) is 3.11. The zero-order chi connectivity index (χ0) is 20.9. The Morgan fingerprint density at radius 3 is 3.00 bits per heavy atom. The Bertz CT molecular complexity index is 1270. The molecule has 9 heteroatoms. The van der Waals surface area contributed by atoms with Crippen LogP contribution in [0.3, 0.4) is 0 Å². The number of fused-ring (bicyclic) bond motifs is 1. The zero-order valence-corrected chi connectivity index (χ0v) is 16.0. The van der Waals surface area contributed by atoms with E-state index in [0.717, 1.165) is 22.3 Å².